The lowest BCUT2D eigenvalue weighted by Crippen LogP contribution is -2.61. The third-order valence-corrected chi connectivity index (χ3v) is 12.0. The lowest BCUT2D eigenvalue weighted by Gasteiger charge is -2.54. The van der Waals surface area contributed by atoms with Crippen LogP contribution in [0.2, 0.25) is 26.2 Å². The van der Waals surface area contributed by atoms with Gasteiger partial charge in [-0.25, -0.2) is 0 Å². The van der Waals surface area contributed by atoms with E-state index >= 15 is 0 Å². The van der Waals surface area contributed by atoms with Crippen LogP contribution in [-0.2, 0) is 0 Å². The molecule has 0 atom stereocenters. The number of hydrogen-bond acceptors (Lipinski definition) is 0. The zero-order valence-electron chi connectivity index (χ0n) is 10.5. The van der Waals surface area contributed by atoms with Crippen molar-refractivity contribution in [3.63, 3.8) is 0 Å². The summed E-state index contributed by atoms with van der Waals surface area (Å²) >= 11 is 0. The molecular formula is C14H18Si2. The van der Waals surface area contributed by atoms with E-state index in [4.69, 9.17) is 0 Å². The fraction of sp³-hybridized carbons (Fsp3) is 0.286. The van der Waals surface area contributed by atoms with E-state index in [1.54, 1.807) is 22.2 Å². The Labute approximate surface area is 103 Å². The van der Waals surface area contributed by atoms with Crippen molar-refractivity contribution in [2.75, 3.05) is 0 Å². The van der Waals surface area contributed by atoms with Gasteiger partial charge < -0.3 is 0 Å². The first kappa shape index (κ1) is 11.5. The Morgan fingerprint density at radius 1 is 0.562 bits per heavy atom. The van der Waals surface area contributed by atoms with Crippen LogP contribution in [0.1, 0.15) is 0 Å². The minimum absolute atomic E-state index is 1.38. The minimum atomic E-state index is -1.38. The van der Waals surface area contributed by atoms with Gasteiger partial charge in [0, 0.05) is 0 Å². The third kappa shape index (κ3) is 1.32. The molecule has 3 rings (SSSR count). The molecule has 10 radical (unpaired) electrons. The highest BCUT2D eigenvalue weighted by Crippen LogP contribution is 2.61. The van der Waals surface area contributed by atoms with Gasteiger partial charge in [-0.3, -0.25) is 0 Å². The fourth-order valence-electron chi connectivity index (χ4n) is 3.31. The molecule has 0 spiro atoms. The van der Waals surface area contributed by atoms with E-state index in [0.717, 1.165) is 0 Å². The van der Waals surface area contributed by atoms with Crippen LogP contribution in [0.3, 0.4) is 0 Å². The van der Waals surface area contributed by atoms with Gasteiger partial charge in [0.2, 0.25) is 0 Å². The molecule has 0 unspecified atom stereocenters. The lowest BCUT2D eigenvalue weighted by molar-refractivity contribution is 1.16. The Hall–Kier alpha value is 0.434. The Bertz CT molecular complexity index is 241. The van der Waals surface area contributed by atoms with Crippen LogP contribution in [0.25, 0.3) is 0 Å². The van der Waals surface area contributed by atoms with Gasteiger partial charge in [0.25, 0.3) is 0 Å². The van der Waals surface area contributed by atoms with Crippen LogP contribution in [-0.4, -0.2) is 16.1 Å². The largest absolute Gasteiger partial charge is 0.0685 e. The second-order valence-electron chi connectivity index (χ2n) is 5.96. The van der Waals surface area contributed by atoms with Crippen LogP contribution in [0.4, 0.5) is 0 Å². The van der Waals surface area contributed by atoms with Crippen molar-refractivity contribution in [2.45, 2.75) is 26.2 Å². The highest BCUT2D eigenvalue weighted by molar-refractivity contribution is 7.03. The molecule has 1 heterocycles. The average molecular weight is 242 g/mol. The van der Waals surface area contributed by atoms with E-state index in [0.29, 0.717) is 0 Å². The van der Waals surface area contributed by atoms with Crippen LogP contribution < -0.4 is 0 Å². The molecule has 2 heteroatoms. The molecule has 2 saturated carbocycles. The fourth-order valence-corrected chi connectivity index (χ4v) is 12.7. The van der Waals surface area contributed by atoms with Gasteiger partial charge in [-0.05, 0) is 60.7 Å². The molecule has 0 aromatic heterocycles. The Kier molecular flexibility index (Phi) is 2.50. The van der Waals surface area contributed by atoms with Gasteiger partial charge in [0.1, 0.15) is 0 Å². The normalized spacial score (nSPS) is 35.2. The van der Waals surface area contributed by atoms with E-state index < -0.39 is 16.1 Å². The van der Waals surface area contributed by atoms with Crippen molar-refractivity contribution >= 4 is 16.1 Å². The molecule has 0 N–H and O–H groups in total. The summed E-state index contributed by atoms with van der Waals surface area (Å²) in [5, 5.41) is 0. The van der Waals surface area contributed by atoms with Gasteiger partial charge >= 0.3 is 0 Å². The third-order valence-electron chi connectivity index (χ3n) is 4.33. The van der Waals surface area contributed by atoms with Crippen molar-refractivity contribution in [2.24, 2.45) is 0 Å². The van der Waals surface area contributed by atoms with Gasteiger partial charge in [-0.1, -0.05) is 26.2 Å². The zero-order chi connectivity index (χ0) is 11.6. The van der Waals surface area contributed by atoms with Crippen LogP contribution >= 0.6 is 0 Å². The molecule has 0 aromatic rings. The monoisotopic (exact) mass is 242 g/mol. The van der Waals surface area contributed by atoms with Crippen LogP contribution in [0.15, 0.2) is 0 Å². The lowest BCUT2D eigenvalue weighted by atomic mass is 10.3. The van der Waals surface area contributed by atoms with E-state index in [1.807, 2.05) is 0 Å². The summed E-state index contributed by atoms with van der Waals surface area (Å²) in [6, 6.07) is 0. The highest BCUT2D eigenvalue weighted by Gasteiger charge is 2.62. The first-order chi connectivity index (χ1) is 7.45. The molecule has 3 aliphatic rings. The van der Waals surface area contributed by atoms with Crippen molar-refractivity contribution in [1.29, 1.82) is 0 Å². The smallest absolute Gasteiger partial charge is 0.0618 e. The van der Waals surface area contributed by atoms with Crippen molar-refractivity contribution < 1.29 is 0 Å². The standard InChI is InChI=1S/C14H18Si2/c1-15(2)11-7-5-9-13(11)16(3,4)14-10-6-8-12(14)15/h5-10H,1-4H3. The second kappa shape index (κ2) is 3.47. The first-order valence-corrected chi connectivity index (χ1v) is 12.0. The second-order valence-corrected chi connectivity index (χ2v) is 14.6. The summed E-state index contributed by atoms with van der Waals surface area (Å²) < 4.78 is 0. The Morgan fingerprint density at radius 2 is 0.812 bits per heavy atom. The van der Waals surface area contributed by atoms with Crippen LogP contribution in [0, 0.1) is 60.7 Å². The topological polar surface area (TPSA) is 0 Å². The summed E-state index contributed by atoms with van der Waals surface area (Å²) in [4.78, 5) is 0. The molecule has 0 bridgehead atoms. The highest BCUT2D eigenvalue weighted by atomic mass is 28.3. The molecule has 3 fully saturated rings. The SMILES string of the molecule is C[Si]1(C)[C]2[CH][CH][CH][C]2[Si](C)(C)[C]2[CH][CH][CH][C]21. The number of fused-ring (bicyclic) bond motifs is 2. The quantitative estimate of drug-likeness (QED) is 0.573. The van der Waals surface area contributed by atoms with Crippen molar-refractivity contribution in [3.05, 3.63) is 60.7 Å². The Morgan fingerprint density at radius 3 is 1.06 bits per heavy atom. The average Bonchev–Trinajstić information content (AvgIpc) is 2.86. The summed E-state index contributed by atoms with van der Waals surface area (Å²) in [6.07, 6.45) is 14.1. The van der Waals surface area contributed by atoms with E-state index in [9.17, 15) is 0 Å². The molecule has 0 aromatic carbocycles. The Balaban J connectivity index is 2.02. The van der Waals surface area contributed by atoms with Gasteiger partial charge in [0.15, 0.2) is 0 Å². The van der Waals surface area contributed by atoms with Gasteiger partial charge in [-0.2, -0.15) is 0 Å². The van der Waals surface area contributed by atoms with E-state index in [-0.39, 0.29) is 0 Å². The summed E-state index contributed by atoms with van der Waals surface area (Å²) in [5.74, 6) is 0. The molecule has 82 valence electrons. The molecular weight excluding hydrogens is 224 g/mol. The van der Waals surface area contributed by atoms with Gasteiger partial charge in [0.05, 0.1) is 16.1 Å². The van der Waals surface area contributed by atoms with Gasteiger partial charge in [-0.15, -0.1) is 0 Å². The number of rotatable bonds is 0. The predicted octanol–water partition coefficient (Wildman–Crippen LogP) is 3.12. The molecule has 1 aliphatic heterocycles. The van der Waals surface area contributed by atoms with E-state index in [1.165, 1.54) is 0 Å². The summed E-state index contributed by atoms with van der Waals surface area (Å²) in [6.45, 7) is 9.98. The molecule has 0 nitrogen and oxygen atoms in total. The maximum absolute atomic E-state index is 2.49. The maximum Gasteiger partial charge on any atom is 0.0618 e. The number of hydrogen-bond donors (Lipinski definition) is 0. The maximum atomic E-state index is 2.49. The summed E-state index contributed by atoms with van der Waals surface area (Å²) in [5.41, 5.74) is 6.79. The van der Waals surface area contributed by atoms with Crippen LogP contribution in [0.5, 0.6) is 0 Å². The first-order valence-electron chi connectivity index (χ1n) is 5.99. The molecule has 0 amide bonds. The molecule has 16 heavy (non-hydrogen) atoms. The van der Waals surface area contributed by atoms with Crippen molar-refractivity contribution in [3.8, 4) is 0 Å². The zero-order valence-corrected chi connectivity index (χ0v) is 12.5. The minimum Gasteiger partial charge on any atom is -0.0685 e. The van der Waals surface area contributed by atoms with Crippen molar-refractivity contribution in [1.82, 2.24) is 0 Å². The predicted molar refractivity (Wildman–Crippen MR) is 73.7 cm³/mol. The summed E-state index contributed by atoms with van der Waals surface area (Å²) in [7, 11) is -2.76. The molecule has 1 saturated heterocycles. The molecule has 2 aliphatic carbocycles. The van der Waals surface area contributed by atoms with E-state index in [2.05, 4.69) is 64.7 Å².